The number of nitrogens with zero attached hydrogens (tertiary/aromatic N) is 2. The quantitative estimate of drug-likeness (QED) is 0.946. The molecule has 1 amide bonds. The van der Waals surface area contributed by atoms with Crippen molar-refractivity contribution in [2.75, 3.05) is 5.32 Å². The lowest BCUT2D eigenvalue weighted by molar-refractivity contribution is -0.126. The van der Waals surface area contributed by atoms with Crippen LogP contribution in [0.25, 0.3) is 11.0 Å². The van der Waals surface area contributed by atoms with E-state index in [0.717, 1.165) is 11.9 Å². The third-order valence-corrected chi connectivity index (χ3v) is 3.79. The molecule has 1 aromatic carbocycles. The minimum atomic E-state index is -0.429. The molecule has 0 aliphatic carbocycles. The normalized spacial score (nSPS) is 21.9. The molecule has 5 nitrogen and oxygen atoms in total. The summed E-state index contributed by atoms with van der Waals surface area (Å²) >= 11 is 0. The van der Waals surface area contributed by atoms with Crippen LogP contribution in [0.5, 0.6) is 0 Å². The van der Waals surface area contributed by atoms with Crippen molar-refractivity contribution < 1.29 is 13.9 Å². The van der Waals surface area contributed by atoms with E-state index in [1.165, 1.54) is 12.1 Å². The predicted octanol–water partition coefficient (Wildman–Crippen LogP) is 2.70. The van der Waals surface area contributed by atoms with E-state index in [9.17, 15) is 9.18 Å². The van der Waals surface area contributed by atoms with Gasteiger partial charge in [-0.1, -0.05) is 0 Å². The summed E-state index contributed by atoms with van der Waals surface area (Å²) in [4.78, 5) is 16.5. The Morgan fingerprint density at radius 2 is 2.33 bits per heavy atom. The molecule has 1 N–H and O–H groups in total. The number of fused-ring (bicyclic) bond motifs is 1. The van der Waals surface area contributed by atoms with Gasteiger partial charge in [0.05, 0.1) is 17.1 Å². The van der Waals surface area contributed by atoms with Gasteiger partial charge in [0.2, 0.25) is 5.95 Å². The van der Waals surface area contributed by atoms with Crippen molar-refractivity contribution in [1.82, 2.24) is 9.55 Å². The maximum Gasteiger partial charge on any atom is 0.255 e. The average Bonchev–Trinajstić information content (AvgIpc) is 3.01. The Bertz CT molecular complexity index is 683. The molecule has 0 radical (unpaired) electrons. The fourth-order valence-corrected chi connectivity index (χ4v) is 2.70. The van der Waals surface area contributed by atoms with Crippen molar-refractivity contribution in [3.8, 4) is 0 Å². The van der Waals surface area contributed by atoms with E-state index < -0.39 is 6.10 Å². The number of carbonyl (C=O) groups is 1. The zero-order valence-corrected chi connectivity index (χ0v) is 12.1. The Morgan fingerprint density at radius 3 is 3.00 bits per heavy atom. The Labute approximate surface area is 122 Å². The van der Waals surface area contributed by atoms with Gasteiger partial charge in [0, 0.05) is 12.6 Å². The number of hydrogen-bond acceptors (Lipinski definition) is 3. The third kappa shape index (κ3) is 2.63. The number of rotatable bonds is 3. The van der Waals surface area contributed by atoms with E-state index in [1.54, 1.807) is 6.07 Å². The van der Waals surface area contributed by atoms with E-state index in [4.69, 9.17) is 4.74 Å². The number of anilines is 1. The van der Waals surface area contributed by atoms with E-state index in [1.807, 2.05) is 18.4 Å². The number of ether oxygens (including phenoxy) is 1. The van der Waals surface area contributed by atoms with Gasteiger partial charge in [-0.25, -0.2) is 9.37 Å². The number of carbonyl (C=O) groups excluding carboxylic acids is 1. The largest absolute Gasteiger partial charge is 0.365 e. The first-order chi connectivity index (χ1) is 10.1. The fourth-order valence-electron chi connectivity index (χ4n) is 2.70. The molecule has 3 rings (SSSR count). The number of imidazole rings is 1. The molecule has 1 fully saturated rings. The van der Waals surface area contributed by atoms with Gasteiger partial charge in [-0.2, -0.15) is 0 Å². The van der Waals surface area contributed by atoms with Crippen molar-refractivity contribution in [2.24, 2.45) is 0 Å². The number of nitrogens with one attached hydrogen (secondary N) is 1. The number of benzene rings is 1. The highest BCUT2D eigenvalue weighted by molar-refractivity contribution is 5.94. The summed E-state index contributed by atoms with van der Waals surface area (Å²) in [6.45, 7) is 4.55. The molecular weight excluding hydrogens is 273 g/mol. The molecule has 1 aliphatic rings. The number of halogens is 1. The molecular formula is C15H18FN3O2. The Morgan fingerprint density at radius 1 is 1.52 bits per heavy atom. The predicted molar refractivity (Wildman–Crippen MR) is 77.6 cm³/mol. The number of amides is 1. The second-order valence-electron chi connectivity index (χ2n) is 5.31. The summed E-state index contributed by atoms with van der Waals surface area (Å²) in [5.74, 6) is -0.0924. The Hall–Kier alpha value is -1.95. The highest BCUT2D eigenvalue weighted by Crippen LogP contribution is 2.23. The summed E-state index contributed by atoms with van der Waals surface area (Å²) in [6, 6.07) is 4.43. The van der Waals surface area contributed by atoms with E-state index in [0.29, 0.717) is 24.4 Å². The monoisotopic (exact) mass is 291 g/mol. The lowest BCUT2D eigenvalue weighted by atomic mass is 10.2. The molecule has 0 saturated carbocycles. The summed E-state index contributed by atoms with van der Waals surface area (Å²) in [5, 5.41) is 2.80. The second kappa shape index (κ2) is 5.44. The topological polar surface area (TPSA) is 56.2 Å². The van der Waals surface area contributed by atoms with Gasteiger partial charge in [-0.05, 0) is 38.8 Å². The van der Waals surface area contributed by atoms with Crippen molar-refractivity contribution in [3.63, 3.8) is 0 Å². The fraction of sp³-hybridized carbons (Fsp3) is 0.467. The van der Waals surface area contributed by atoms with E-state index in [-0.39, 0.29) is 17.8 Å². The van der Waals surface area contributed by atoms with Crippen LogP contribution >= 0.6 is 0 Å². The van der Waals surface area contributed by atoms with Crippen LogP contribution in [0.1, 0.15) is 26.7 Å². The number of hydrogen-bond donors (Lipinski definition) is 1. The maximum absolute atomic E-state index is 13.3. The first-order valence-electron chi connectivity index (χ1n) is 7.20. The van der Waals surface area contributed by atoms with Gasteiger partial charge in [0.25, 0.3) is 5.91 Å². The molecule has 6 heteroatoms. The Kier molecular flexibility index (Phi) is 3.63. The lowest BCUT2D eigenvalue weighted by Gasteiger charge is -2.12. The molecule has 112 valence electrons. The van der Waals surface area contributed by atoms with Crippen LogP contribution in [0.15, 0.2) is 18.2 Å². The molecule has 2 unspecified atom stereocenters. The van der Waals surface area contributed by atoms with Gasteiger partial charge >= 0.3 is 0 Å². The van der Waals surface area contributed by atoms with Gasteiger partial charge in [-0.3, -0.25) is 10.1 Å². The first-order valence-corrected chi connectivity index (χ1v) is 7.20. The summed E-state index contributed by atoms with van der Waals surface area (Å²) in [6.07, 6.45) is 1.28. The summed E-state index contributed by atoms with van der Waals surface area (Å²) in [7, 11) is 0. The molecule has 2 atom stereocenters. The van der Waals surface area contributed by atoms with Crippen molar-refractivity contribution in [1.29, 1.82) is 0 Å². The molecule has 1 aromatic heterocycles. The molecule has 0 spiro atoms. The zero-order chi connectivity index (χ0) is 15.0. The standard InChI is InChI=1S/C15H18FN3O2/c1-3-19-12-6-5-10(16)8-11(12)17-15(19)18-14(20)13-7-4-9(2)21-13/h5-6,8-9,13H,3-4,7H2,1-2H3,(H,17,18,20). The van der Waals surface area contributed by atoms with Gasteiger partial charge in [0.15, 0.2) is 0 Å². The number of aromatic nitrogens is 2. The van der Waals surface area contributed by atoms with Crippen molar-refractivity contribution in [2.45, 2.75) is 45.4 Å². The molecule has 0 bridgehead atoms. The maximum atomic E-state index is 13.3. The SMILES string of the molecule is CCn1c(NC(=O)C2CCC(C)O2)nc2cc(F)ccc21. The van der Waals surface area contributed by atoms with Crippen molar-refractivity contribution >= 4 is 22.9 Å². The molecule has 1 aliphatic heterocycles. The molecule has 1 saturated heterocycles. The van der Waals surface area contributed by atoms with Crippen LogP contribution in [-0.4, -0.2) is 27.7 Å². The highest BCUT2D eigenvalue weighted by Gasteiger charge is 2.29. The van der Waals surface area contributed by atoms with Gasteiger partial charge < -0.3 is 9.30 Å². The van der Waals surface area contributed by atoms with Crippen LogP contribution < -0.4 is 5.32 Å². The lowest BCUT2D eigenvalue weighted by Crippen LogP contribution is -2.29. The van der Waals surface area contributed by atoms with Crippen LogP contribution in [-0.2, 0) is 16.1 Å². The van der Waals surface area contributed by atoms with Crippen molar-refractivity contribution in [3.05, 3.63) is 24.0 Å². The second-order valence-corrected chi connectivity index (χ2v) is 5.31. The van der Waals surface area contributed by atoms with Crippen LogP contribution in [0.3, 0.4) is 0 Å². The van der Waals surface area contributed by atoms with Crippen LogP contribution in [0.2, 0.25) is 0 Å². The molecule has 2 aromatic rings. The third-order valence-electron chi connectivity index (χ3n) is 3.79. The highest BCUT2D eigenvalue weighted by atomic mass is 19.1. The minimum absolute atomic E-state index is 0.111. The first kappa shape index (κ1) is 14.0. The smallest absolute Gasteiger partial charge is 0.255 e. The minimum Gasteiger partial charge on any atom is -0.365 e. The van der Waals surface area contributed by atoms with Gasteiger partial charge in [-0.15, -0.1) is 0 Å². The van der Waals surface area contributed by atoms with E-state index >= 15 is 0 Å². The summed E-state index contributed by atoms with van der Waals surface area (Å²) < 4.78 is 20.7. The molecule has 2 heterocycles. The molecule has 21 heavy (non-hydrogen) atoms. The number of aryl methyl sites for hydroxylation is 1. The summed E-state index contributed by atoms with van der Waals surface area (Å²) in [5.41, 5.74) is 1.34. The average molecular weight is 291 g/mol. The Balaban J connectivity index is 1.88. The van der Waals surface area contributed by atoms with Crippen LogP contribution in [0, 0.1) is 5.82 Å². The van der Waals surface area contributed by atoms with Gasteiger partial charge in [0.1, 0.15) is 11.9 Å². The van der Waals surface area contributed by atoms with Crippen LogP contribution in [0.4, 0.5) is 10.3 Å². The zero-order valence-electron chi connectivity index (χ0n) is 12.1. The van der Waals surface area contributed by atoms with E-state index in [2.05, 4.69) is 10.3 Å².